The van der Waals surface area contributed by atoms with Crippen LogP contribution in [0.15, 0.2) is 54.6 Å². The van der Waals surface area contributed by atoms with Crippen LogP contribution >= 0.6 is 0 Å². The molecule has 0 radical (unpaired) electrons. The Morgan fingerprint density at radius 3 is 2.52 bits per heavy atom. The fourth-order valence-corrected chi connectivity index (χ4v) is 3.18. The Morgan fingerprint density at radius 2 is 1.81 bits per heavy atom. The predicted octanol–water partition coefficient (Wildman–Crippen LogP) is 2.28. The van der Waals surface area contributed by atoms with Gasteiger partial charge in [-0.1, -0.05) is 48.5 Å². The molecule has 3 heteroatoms. The molecule has 0 amide bonds. The Balaban J connectivity index is 1.91. The van der Waals surface area contributed by atoms with Gasteiger partial charge in [0.05, 0.1) is 12.1 Å². The minimum absolute atomic E-state index is 0.0671. The number of rotatable bonds is 4. The molecule has 3 N–H and O–H groups in total. The molecular weight excluding hydrogens is 260 g/mol. The molecule has 0 saturated heterocycles. The van der Waals surface area contributed by atoms with Gasteiger partial charge in [-0.3, -0.25) is 0 Å². The van der Waals surface area contributed by atoms with Gasteiger partial charge >= 0.3 is 0 Å². The van der Waals surface area contributed by atoms with Gasteiger partial charge < -0.3 is 15.7 Å². The lowest BCUT2D eigenvalue weighted by atomic mass is 9.91. The van der Waals surface area contributed by atoms with Crippen molar-refractivity contribution in [3.63, 3.8) is 0 Å². The van der Waals surface area contributed by atoms with Crippen LogP contribution in [0.3, 0.4) is 0 Å². The summed E-state index contributed by atoms with van der Waals surface area (Å²) in [5, 5.41) is 9.88. The number of aliphatic hydroxyl groups is 1. The molecule has 110 valence electrons. The Labute approximate surface area is 126 Å². The van der Waals surface area contributed by atoms with Crippen LogP contribution in [0, 0.1) is 0 Å². The number of fused-ring (bicyclic) bond motifs is 1. The average molecular weight is 282 g/mol. The highest BCUT2D eigenvalue weighted by Gasteiger charge is 2.34. The van der Waals surface area contributed by atoms with E-state index in [1.54, 1.807) is 0 Å². The molecule has 2 atom stereocenters. The highest BCUT2D eigenvalue weighted by Crippen LogP contribution is 2.34. The van der Waals surface area contributed by atoms with Gasteiger partial charge in [-0.05, 0) is 30.5 Å². The zero-order valence-electron chi connectivity index (χ0n) is 12.4. The summed E-state index contributed by atoms with van der Waals surface area (Å²) in [7, 11) is 0. The highest BCUT2D eigenvalue weighted by molar-refractivity contribution is 5.59. The predicted molar refractivity (Wildman–Crippen MR) is 86.3 cm³/mol. The van der Waals surface area contributed by atoms with Gasteiger partial charge in [0.1, 0.15) is 0 Å². The molecule has 3 rings (SSSR count). The van der Waals surface area contributed by atoms with E-state index in [4.69, 9.17) is 5.73 Å². The van der Waals surface area contributed by atoms with Crippen LogP contribution in [0.25, 0.3) is 0 Å². The minimum Gasteiger partial charge on any atom is -0.394 e. The van der Waals surface area contributed by atoms with E-state index in [2.05, 4.69) is 36.1 Å². The van der Waals surface area contributed by atoms with Gasteiger partial charge in [-0.15, -0.1) is 0 Å². The van der Waals surface area contributed by atoms with E-state index in [-0.39, 0.29) is 6.61 Å². The Morgan fingerprint density at radius 1 is 1.14 bits per heavy atom. The molecule has 1 aliphatic rings. The molecule has 0 aromatic heterocycles. The van der Waals surface area contributed by atoms with E-state index in [9.17, 15) is 5.11 Å². The van der Waals surface area contributed by atoms with Crippen molar-refractivity contribution in [1.29, 1.82) is 0 Å². The van der Waals surface area contributed by atoms with E-state index < -0.39 is 5.54 Å². The molecule has 21 heavy (non-hydrogen) atoms. The summed E-state index contributed by atoms with van der Waals surface area (Å²) in [6.45, 7) is 2.76. The summed E-state index contributed by atoms with van der Waals surface area (Å²) >= 11 is 0. The van der Waals surface area contributed by atoms with Gasteiger partial charge in [0.25, 0.3) is 0 Å². The lowest BCUT2D eigenvalue weighted by Gasteiger charge is -2.36. The van der Waals surface area contributed by atoms with E-state index in [1.165, 1.54) is 11.3 Å². The van der Waals surface area contributed by atoms with Crippen molar-refractivity contribution in [2.45, 2.75) is 24.9 Å². The standard InChI is InChI=1S/C18H22N2O/c1-14-11-15-7-5-6-10-17(15)20(14)12-18(19,13-21)16-8-3-2-4-9-16/h2-10,14,21H,11-13,19H2,1H3. The van der Waals surface area contributed by atoms with Gasteiger partial charge in [0, 0.05) is 18.3 Å². The Kier molecular flexibility index (Phi) is 3.70. The lowest BCUT2D eigenvalue weighted by Crippen LogP contribution is -2.52. The van der Waals surface area contributed by atoms with Crippen molar-refractivity contribution >= 4 is 5.69 Å². The SMILES string of the molecule is CC1Cc2ccccc2N1CC(N)(CO)c1ccccc1. The number of para-hydroxylation sites is 1. The van der Waals surface area contributed by atoms with Gasteiger partial charge in [-0.2, -0.15) is 0 Å². The van der Waals surface area contributed by atoms with Crippen LogP contribution in [-0.4, -0.2) is 24.3 Å². The third-order valence-electron chi connectivity index (χ3n) is 4.43. The van der Waals surface area contributed by atoms with Crippen LogP contribution < -0.4 is 10.6 Å². The quantitative estimate of drug-likeness (QED) is 0.904. The molecule has 3 nitrogen and oxygen atoms in total. The van der Waals surface area contributed by atoms with Crippen LogP contribution in [0.5, 0.6) is 0 Å². The topological polar surface area (TPSA) is 49.5 Å². The summed E-state index contributed by atoms with van der Waals surface area (Å²) in [6.07, 6.45) is 1.03. The van der Waals surface area contributed by atoms with E-state index in [0.717, 1.165) is 12.0 Å². The smallest absolute Gasteiger partial charge is 0.0821 e. The highest BCUT2D eigenvalue weighted by atomic mass is 16.3. The number of hydrogen-bond acceptors (Lipinski definition) is 3. The van der Waals surface area contributed by atoms with Crippen molar-refractivity contribution in [2.75, 3.05) is 18.1 Å². The second kappa shape index (κ2) is 5.51. The van der Waals surface area contributed by atoms with Crippen molar-refractivity contribution in [1.82, 2.24) is 0 Å². The van der Waals surface area contributed by atoms with Crippen molar-refractivity contribution < 1.29 is 5.11 Å². The fraction of sp³-hybridized carbons (Fsp3) is 0.333. The summed E-state index contributed by atoms with van der Waals surface area (Å²) in [5.41, 5.74) is 9.36. The van der Waals surface area contributed by atoms with Crippen LogP contribution in [0.2, 0.25) is 0 Å². The van der Waals surface area contributed by atoms with Gasteiger partial charge in [-0.25, -0.2) is 0 Å². The molecular formula is C18H22N2O. The van der Waals surface area contributed by atoms with Crippen molar-refractivity contribution in [2.24, 2.45) is 5.73 Å². The number of aliphatic hydroxyl groups excluding tert-OH is 1. The molecule has 1 heterocycles. The fourth-order valence-electron chi connectivity index (χ4n) is 3.18. The van der Waals surface area contributed by atoms with E-state index in [0.29, 0.717) is 12.6 Å². The van der Waals surface area contributed by atoms with Gasteiger partial charge in [0.15, 0.2) is 0 Å². The number of anilines is 1. The molecule has 2 aromatic carbocycles. The van der Waals surface area contributed by atoms with Crippen LogP contribution in [-0.2, 0) is 12.0 Å². The third-order valence-corrected chi connectivity index (χ3v) is 4.43. The molecule has 0 aliphatic carbocycles. The molecule has 0 bridgehead atoms. The third kappa shape index (κ3) is 2.55. The summed E-state index contributed by atoms with van der Waals surface area (Å²) in [5.74, 6) is 0. The number of hydrogen-bond donors (Lipinski definition) is 2. The first kappa shape index (κ1) is 14.1. The zero-order chi connectivity index (χ0) is 14.9. The number of nitrogens with zero attached hydrogens (tertiary/aromatic N) is 1. The first-order valence-electron chi connectivity index (χ1n) is 7.44. The molecule has 0 saturated carbocycles. The normalized spacial score (nSPS) is 20.1. The second-order valence-corrected chi connectivity index (χ2v) is 5.99. The summed E-state index contributed by atoms with van der Waals surface area (Å²) in [4.78, 5) is 2.32. The van der Waals surface area contributed by atoms with Crippen LogP contribution in [0.4, 0.5) is 5.69 Å². The van der Waals surface area contributed by atoms with E-state index in [1.807, 2.05) is 30.3 Å². The maximum atomic E-state index is 9.88. The molecule has 2 aromatic rings. The first-order valence-corrected chi connectivity index (χ1v) is 7.44. The van der Waals surface area contributed by atoms with Crippen molar-refractivity contribution in [3.05, 3.63) is 65.7 Å². The van der Waals surface area contributed by atoms with Crippen LogP contribution in [0.1, 0.15) is 18.1 Å². The minimum atomic E-state index is -0.743. The second-order valence-electron chi connectivity index (χ2n) is 5.99. The maximum Gasteiger partial charge on any atom is 0.0821 e. The summed E-state index contributed by atoms with van der Waals surface area (Å²) in [6, 6.07) is 18.7. The maximum absolute atomic E-state index is 9.88. The largest absolute Gasteiger partial charge is 0.394 e. The number of nitrogens with two attached hydrogens (primary N) is 1. The van der Waals surface area contributed by atoms with Gasteiger partial charge in [0.2, 0.25) is 0 Å². The Bertz CT molecular complexity index is 614. The lowest BCUT2D eigenvalue weighted by molar-refractivity contribution is 0.197. The monoisotopic (exact) mass is 282 g/mol. The molecule has 1 aliphatic heterocycles. The van der Waals surface area contributed by atoms with E-state index >= 15 is 0 Å². The zero-order valence-corrected chi connectivity index (χ0v) is 12.4. The molecule has 0 fully saturated rings. The Hall–Kier alpha value is -1.84. The number of benzene rings is 2. The average Bonchev–Trinajstić information content (AvgIpc) is 2.84. The molecule has 2 unspecified atom stereocenters. The van der Waals surface area contributed by atoms with Crippen molar-refractivity contribution in [3.8, 4) is 0 Å². The molecule has 0 spiro atoms. The first-order chi connectivity index (χ1) is 10.1. The summed E-state index contributed by atoms with van der Waals surface area (Å²) < 4.78 is 0.